The minimum atomic E-state index is -0.260. The van der Waals surface area contributed by atoms with Crippen molar-refractivity contribution in [3.05, 3.63) is 59.7 Å². The standard InChI is InChI=1S/C13H12FNO/c1-10(11-4-2-5-12(14)8-11)15-7-3-6-13(15)9-16/h2-10H,1H3. The predicted molar refractivity (Wildman–Crippen MR) is 60.0 cm³/mol. The first kappa shape index (κ1) is 10.6. The monoisotopic (exact) mass is 217 g/mol. The summed E-state index contributed by atoms with van der Waals surface area (Å²) in [5.41, 5.74) is 1.44. The van der Waals surface area contributed by atoms with Crippen molar-refractivity contribution in [1.82, 2.24) is 4.57 Å². The van der Waals surface area contributed by atoms with Crippen molar-refractivity contribution in [2.45, 2.75) is 13.0 Å². The molecule has 1 unspecified atom stereocenters. The summed E-state index contributed by atoms with van der Waals surface area (Å²) in [7, 11) is 0. The maximum Gasteiger partial charge on any atom is 0.166 e. The van der Waals surface area contributed by atoms with E-state index in [1.807, 2.05) is 23.8 Å². The molecule has 0 fully saturated rings. The molecular weight excluding hydrogens is 205 g/mol. The molecule has 1 heterocycles. The van der Waals surface area contributed by atoms with E-state index in [4.69, 9.17) is 0 Å². The lowest BCUT2D eigenvalue weighted by Gasteiger charge is -2.15. The Labute approximate surface area is 93.3 Å². The summed E-state index contributed by atoms with van der Waals surface area (Å²) >= 11 is 0. The molecule has 2 nitrogen and oxygen atoms in total. The van der Waals surface area contributed by atoms with Gasteiger partial charge in [0.05, 0.1) is 11.7 Å². The van der Waals surface area contributed by atoms with Gasteiger partial charge in [0.2, 0.25) is 0 Å². The third kappa shape index (κ3) is 1.89. The Bertz CT molecular complexity index is 504. The fraction of sp³-hybridized carbons (Fsp3) is 0.154. The zero-order valence-corrected chi connectivity index (χ0v) is 8.93. The summed E-state index contributed by atoms with van der Waals surface area (Å²) < 4.78 is 14.9. The molecule has 0 aliphatic carbocycles. The van der Waals surface area contributed by atoms with Gasteiger partial charge in [-0.1, -0.05) is 12.1 Å². The molecule has 2 aromatic rings. The van der Waals surface area contributed by atoms with Crippen molar-refractivity contribution in [2.75, 3.05) is 0 Å². The summed E-state index contributed by atoms with van der Waals surface area (Å²) in [5, 5.41) is 0. The topological polar surface area (TPSA) is 22.0 Å². The fourth-order valence-electron chi connectivity index (χ4n) is 1.79. The molecule has 0 saturated carbocycles. The van der Waals surface area contributed by atoms with Gasteiger partial charge in [-0.2, -0.15) is 0 Å². The number of carbonyl (C=O) groups is 1. The first-order valence-electron chi connectivity index (χ1n) is 5.10. The Morgan fingerprint density at radius 3 is 2.81 bits per heavy atom. The first-order chi connectivity index (χ1) is 7.72. The number of carbonyl (C=O) groups excluding carboxylic acids is 1. The van der Waals surface area contributed by atoms with Crippen LogP contribution in [-0.4, -0.2) is 10.9 Å². The van der Waals surface area contributed by atoms with Crippen LogP contribution in [0, 0.1) is 5.82 Å². The SMILES string of the molecule is CC(c1cccc(F)c1)n1cccc1C=O. The van der Waals surface area contributed by atoms with Gasteiger partial charge in [0.15, 0.2) is 6.29 Å². The highest BCUT2D eigenvalue weighted by molar-refractivity contribution is 5.72. The van der Waals surface area contributed by atoms with Gasteiger partial charge in [-0.05, 0) is 36.8 Å². The lowest BCUT2D eigenvalue weighted by atomic mass is 10.1. The Balaban J connectivity index is 2.38. The van der Waals surface area contributed by atoms with Crippen molar-refractivity contribution in [3.8, 4) is 0 Å². The van der Waals surface area contributed by atoms with Crippen molar-refractivity contribution < 1.29 is 9.18 Å². The van der Waals surface area contributed by atoms with Gasteiger partial charge in [0.1, 0.15) is 5.82 Å². The Morgan fingerprint density at radius 1 is 1.31 bits per heavy atom. The molecule has 0 spiro atoms. The molecule has 0 N–H and O–H groups in total. The van der Waals surface area contributed by atoms with Crippen LogP contribution in [0.5, 0.6) is 0 Å². The number of halogens is 1. The molecule has 2 rings (SSSR count). The second-order valence-electron chi connectivity index (χ2n) is 3.69. The number of nitrogens with zero attached hydrogens (tertiary/aromatic N) is 1. The molecule has 0 aliphatic heterocycles. The minimum Gasteiger partial charge on any atom is -0.338 e. The number of aldehydes is 1. The predicted octanol–water partition coefficient (Wildman–Crippen LogP) is 3.05. The number of hydrogen-bond acceptors (Lipinski definition) is 1. The van der Waals surface area contributed by atoms with E-state index in [2.05, 4.69) is 0 Å². The van der Waals surface area contributed by atoms with E-state index in [-0.39, 0.29) is 11.9 Å². The first-order valence-corrected chi connectivity index (χ1v) is 5.10. The van der Waals surface area contributed by atoms with Crippen LogP contribution in [0.4, 0.5) is 4.39 Å². The van der Waals surface area contributed by atoms with Crippen LogP contribution in [0.2, 0.25) is 0 Å². The van der Waals surface area contributed by atoms with E-state index in [9.17, 15) is 9.18 Å². The third-order valence-electron chi connectivity index (χ3n) is 2.68. The van der Waals surface area contributed by atoms with Crippen LogP contribution in [0.3, 0.4) is 0 Å². The minimum absolute atomic E-state index is 0.0501. The summed E-state index contributed by atoms with van der Waals surface area (Å²) in [5.74, 6) is -0.260. The average molecular weight is 217 g/mol. The van der Waals surface area contributed by atoms with Crippen LogP contribution in [0.25, 0.3) is 0 Å². The lowest BCUT2D eigenvalue weighted by molar-refractivity contribution is 0.111. The van der Waals surface area contributed by atoms with Gasteiger partial charge in [0, 0.05) is 6.20 Å². The molecule has 1 aromatic carbocycles. The number of hydrogen-bond donors (Lipinski definition) is 0. The summed E-state index contributed by atoms with van der Waals surface area (Å²) in [4.78, 5) is 10.8. The Morgan fingerprint density at radius 2 is 2.12 bits per heavy atom. The van der Waals surface area contributed by atoms with Crippen molar-refractivity contribution >= 4 is 6.29 Å². The van der Waals surface area contributed by atoms with E-state index >= 15 is 0 Å². The van der Waals surface area contributed by atoms with E-state index in [0.29, 0.717) is 5.69 Å². The fourth-order valence-corrected chi connectivity index (χ4v) is 1.79. The normalized spacial score (nSPS) is 12.4. The van der Waals surface area contributed by atoms with Gasteiger partial charge in [-0.3, -0.25) is 4.79 Å². The highest BCUT2D eigenvalue weighted by Crippen LogP contribution is 2.20. The molecular formula is C13H12FNO. The van der Waals surface area contributed by atoms with Crippen molar-refractivity contribution in [3.63, 3.8) is 0 Å². The van der Waals surface area contributed by atoms with Crippen LogP contribution < -0.4 is 0 Å². The van der Waals surface area contributed by atoms with E-state index in [1.54, 1.807) is 18.2 Å². The molecule has 82 valence electrons. The number of benzene rings is 1. The third-order valence-corrected chi connectivity index (χ3v) is 2.68. The number of rotatable bonds is 3. The van der Waals surface area contributed by atoms with Crippen LogP contribution in [-0.2, 0) is 0 Å². The van der Waals surface area contributed by atoms with Crippen molar-refractivity contribution in [2.24, 2.45) is 0 Å². The van der Waals surface area contributed by atoms with Crippen LogP contribution >= 0.6 is 0 Å². The van der Waals surface area contributed by atoms with Gasteiger partial charge in [0.25, 0.3) is 0 Å². The largest absolute Gasteiger partial charge is 0.338 e. The second kappa shape index (κ2) is 4.31. The summed E-state index contributed by atoms with van der Waals surface area (Å²) in [6.45, 7) is 1.93. The zero-order valence-electron chi connectivity index (χ0n) is 8.93. The maximum absolute atomic E-state index is 13.1. The van der Waals surface area contributed by atoms with Crippen LogP contribution in [0.15, 0.2) is 42.6 Å². The van der Waals surface area contributed by atoms with Gasteiger partial charge in [-0.25, -0.2) is 4.39 Å². The molecule has 0 radical (unpaired) electrons. The second-order valence-corrected chi connectivity index (χ2v) is 3.69. The molecule has 0 amide bonds. The van der Waals surface area contributed by atoms with E-state index in [1.165, 1.54) is 12.1 Å². The van der Waals surface area contributed by atoms with E-state index in [0.717, 1.165) is 11.8 Å². The number of aromatic nitrogens is 1. The van der Waals surface area contributed by atoms with E-state index < -0.39 is 0 Å². The van der Waals surface area contributed by atoms with Gasteiger partial charge >= 0.3 is 0 Å². The molecule has 1 atom stereocenters. The molecule has 0 bridgehead atoms. The van der Waals surface area contributed by atoms with Gasteiger partial charge < -0.3 is 4.57 Å². The maximum atomic E-state index is 13.1. The quantitative estimate of drug-likeness (QED) is 0.724. The smallest absolute Gasteiger partial charge is 0.166 e. The Kier molecular flexibility index (Phi) is 2.86. The molecule has 1 aromatic heterocycles. The lowest BCUT2D eigenvalue weighted by Crippen LogP contribution is -2.08. The molecule has 3 heteroatoms. The molecule has 16 heavy (non-hydrogen) atoms. The molecule has 0 aliphatic rings. The Hall–Kier alpha value is -1.90. The zero-order chi connectivity index (χ0) is 11.5. The van der Waals surface area contributed by atoms with Crippen molar-refractivity contribution in [1.29, 1.82) is 0 Å². The van der Waals surface area contributed by atoms with Crippen LogP contribution in [0.1, 0.15) is 29.0 Å². The summed E-state index contributed by atoms with van der Waals surface area (Å²) in [6.07, 6.45) is 2.62. The highest BCUT2D eigenvalue weighted by atomic mass is 19.1. The average Bonchev–Trinajstić information content (AvgIpc) is 2.76. The summed E-state index contributed by atoms with van der Waals surface area (Å²) in [6, 6.07) is 9.91. The molecule has 0 saturated heterocycles. The van der Waals surface area contributed by atoms with Gasteiger partial charge in [-0.15, -0.1) is 0 Å². The highest BCUT2D eigenvalue weighted by Gasteiger charge is 2.10.